The van der Waals surface area contributed by atoms with Crippen LogP contribution < -0.4 is 10.6 Å². The van der Waals surface area contributed by atoms with E-state index in [0.29, 0.717) is 0 Å². The topological polar surface area (TPSA) is 54.5 Å². The van der Waals surface area contributed by atoms with Gasteiger partial charge in [0.2, 0.25) is 0 Å². The van der Waals surface area contributed by atoms with Crippen molar-refractivity contribution in [3.8, 4) is 16.8 Å². The summed E-state index contributed by atoms with van der Waals surface area (Å²) in [5.41, 5.74) is 11.0. The van der Waals surface area contributed by atoms with Crippen molar-refractivity contribution in [2.24, 2.45) is 4.99 Å². The number of para-hydroxylation sites is 3. The first kappa shape index (κ1) is 32.5. The summed E-state index contributed by atoms with van der Waals surface area (Å²) in [6, 6.07) is 54.5. The number of nitrogens with zero attached hydrogens (tertiary/aromatic N) is 2. The first-order valence-electron chi connectivity index (χ1n) is 19.7. The maximum atomic E-state index is 6.90. The Morgan fingerprint density at radius 3 is 2.21 bits per heavy atom. The molecule has 0 saturated carbocycles. The zero-order valence-electron chi connectivity index (χ0n) is 30.9. The summed E-state index contributed by atoms with van der Waals surface area (Å²) in [6.45, 7) is 0. The highest BCUT2D eigenvalue weighted by Gasteiger charge is 2.27. The third-order valence-corrected chi connectivity index (χ3v) is 12.8. The lowest BCUT2D eigenvalue weighted by atomic mass is 9.96. The Morgan fingerprint density at radius 1 is 0.632 bits per heavy atom. The van der Waals surface area contributed by atoms with Crippen LogP contribution in [-0.2, 0) is 0 Å². The molecule has 272 valence electrons. The van der Waals surface area contributed by atoms with Gasteiger partial charge in [-0.3, -0.25) is 5.32 Å². The van der Waals surface area contributed by atoms with Crippen molar-refractivity contribution in [1.29, 1.82) is 0 Å². The molecule has 7 aromatic carbocycles. The number of thiophene rings is 1. The SMILES string of the molecule is C1=CC(C2N=C(c3ccccc3)NC(c3ccc4c(c3)sc3cccc(-c5cccc6c5oc5cccc(-n7c8ccccc8c8ccccc87)c56)c34)N2)=CCC1. The van der Waals surface area contributed by atoms with E-state index in [4.69, 9.17) is 9.41 Å². The summed E-state index contributed by atoms with van der Waals surface area (Å²) in [6.07, 6.45) is 8.67. The van der Waals surface area contributed by atoms with E-state index < -0.39 is 0 Å². The van der Waals surface area contributed by atoms with Gasteiger partial charge in [-0.25, -0.2) is 4.99 Å². The van der Waals surface area contributed by atoms with E-state index in [1.807, 2.05) is 11.3 Å². The fraction of sp³-hybridized carbons (Fsp3) is 0.0784. The fourth-order valence-electron chi connectivity index (χ4n) is 9.14. The Morgan fingerprint density at radius 2 is 1.39 bits per heavy atom. The maximum Gasteiger partial charge on any atom is 0.143 e. The molecule has 0 radical (unpaired) electrons. The van der Waals surface area contributed by atoms with E-state index >= 15 is 0 Å². The second kappa shape index (κ2) is 12.9. The van der Waals surface area contributed by atoms with E-state index in [2.05, 4.69) is 185 Å². The summed E-state index contributed by atoms with van der Waals surface area (Å²) in [5, 5.41) is 14.8. The monoisotopic (exact) mass is 752 g/mol. The Bertz CT molecular complexity index is 3270. The van der Waals surface area contributed by atoms with Gasteiger partial charge in [-0.1, -0.05) is 133 Å². The van der Waals surface area contributed by atoms with Crippen LogP contribution in [0.4, 0.5) is 0 Å². The van der Waals surface area contributed by atoms with Crippen molar-refractivity contribution >= 4 is 81.1 Å². The van der Waals surface area contributed by atoms with E-state index in [9.17, 15) is 0 Å². The summed E-state index contributed by atoms with van der Waals surface area (Å²) in [5.74, 6) is 0.906. The lowest BCUT2D eigenvalue weighted by Crippen LogP contribution is -2.49. The van der Waals surface area contributed by atoms with Gasteiger partial charge >= 0.3 is 0 Å². The summed E-state index contributed by atoms with van der Waals surface area (Å²) in [4.78, 5) is 5.15. The second-order valence-electron chi connectivity index (χ2n) is 15.0. The Labute approximate surface area is 332 Å². The van der Waals surface area contributed by atoms with Gasteiger partial charge < -0.3 is 14.3 Å². The minimum absolute atomic E-state index is 0.110. The van der Waals surface area contributed by atoms with Crippen LogP contribution in [0.2, 0.25) is 0 Å². The molecule has 1 aliphatic heterocycles. The van der Waals surface area contributed by atoms with Gasteiger partial charge in [0.15, 0.2) is 0 Å². The molecule has 2 unspecified atom stereocenters. The standard InChI is InChI=1S/C51H36N4OS/c1-3-14-31(15-4-1)49-52-50(32-16-5-2-6-17-32)54-51(53-49)33-28-29-38-45(30-33)57-44-27-12-20-36(46(38)44)37-21-11-22-39-47-42(25-13-26-43(47)56-48(37)39)55-40-23-9-7-18-34(40)35-19-8-10-24-41(35)55/h1,3-5,7-30,50-51,54H,2,6H2,(H,52,53). The third-order valence-electron chi connectivity index (χ3n) is 11.7. The van der Waals surface area contributed by atoms with E-state index in [-0.39, 0.29) is 12.3 Å². The van der Waals surface area contributed by atoms with Crippen molar-refractivity contribution in [1.82, 2.24) is 15.2 Å². The molecular weight excluding hydrogens is 717 g/mol. The van der Waals surface area contributed by atoms with Gasteiger partial charge in [0.25, 0.3) is 0 Å². The van der Waals surface area contributed by atoms with Gasteiger partial charge in [-0.05, 0) is 65.9 Å². The molecule has 0 fully saturated rings. The number of hydrogen-bond donors (Lipinski definition) is 2. The molecule has 5 nitrogen and oxygen atoms in total. The number of fused-ring (bicyclic) bond motifs is 9. The number of aliphatic imine (C=N–C) groups is 1. The van der Waals surface area contributed by atoms with Crippen LogP contribution >= 0.6 is 11.3 Å². The van der Waals surface area contributed by atoms with E-state index in [1.54, 1.807) is 0 Å². The van der Waals surface area contributed by atoms with Crippen LogP contribution in [0, 0.1) is 0 Å². The summed E-state index contributed by atoms with van der Waals surface area (Å²) < 4.78 is 11.8. The van der Waals surface area contributed by atoms with E-state index in [1.165, 1.54) is 58.7 Å². The molecule has 0 saturated heterocycles. The maximum absolute atomic E-state index is 6.90. The molecule has 4 heterocycles. The highest BCUT2D eigenvalue weighted by atomic mass is 32.1. The van der Waals surface area contributed by atoms with Crippen molar-refractivity contribution in [2.45, 2.75) is 25.2 Å². The summed E-state index contributed by atoms with van der Waals surface area (Å²) >= 11 is 1.85. The molecule has 3 aromatic heterocycles. The van der Waals surface area contributed by atoms with Gasteiger partial charge in [0, 0.05) is 47.5 Å². The molecule has 2 N–H and O–H groups in total. The largest absolute Gasteiger partial charge is 0.455 e. The molecule has 6 heteroatoms. The lowest BCUT2D eigenvalue weighted by Gasteiger charge is -2.33. The number of nitrogens with one attached hydrogen (secondary N) is 2. The second-order valence-corrected chi connectivity index (χ2v) is 16.1. The zero-order chi connectivity index (χ0) is 37.5. The predicted octanol–water partition coefficient (Wildman–Crippen LogP) is 13.0. The van der Waals surface area contributed by atoms with Crippen molar-refractivity contribution in [3.63, 3.8) is 0 Å². The molecule has 10 aromatic rings. The zero-order valence-corrected chi connectivity index (χ0v) is 31.8. The number of furan rings is 1. The number of rotatable bonds is 5. The van der Waals surface area contributed by atoms with Gasteiger partial charge in [-0.15, -0.1) is 11.3 Å². The Balaban J connectivity index is 0.988. The molecule has 57 heavy (non-hydrogen) atoms. The lowest BCUT2D eigenvalue weighted by molar-refractivity contribution is 0.434. The first-order chi connectivity index (χ1) is 28.3. The normalized spacial score (nSPS) is 17.2. The molecular formula is C51H36N4OS. The summed E-state index contributed by atoms with van der Waals surface area (Å²) in [7, 11) is 0. The van der Waals surface area contributed by atoms with Gasteiger partial charge in [0.1, 0.15) is 29.3 Å². The smallest absolute Gasteiger partial charge is 0.143 e. The van der Waals surface area contributed by atoms with Crippen LogP contribution in [0.1, 0.15) is 30.1 Å². The average molecular weight is 753 g/mol. The molecule has 12 rings (SSSR count). The minimum Gasteiger partial charge on any atom is -0.455 e. The Hall–Kier alpha value is -6.73. The number of amidine groups is 1. The molecule has 0 spiro atoms. The number of benzene rings is 7. The molecule has 2 atom stereocenters. The molecule has 0 bridgehead atoms. The Kier molecular flexibility index (Phi) is 7.37. The minimum atomic E-state index is -0.132. The quantitative estimate of drug-likeness (QED) is 0.184. The van der Waals surface area contributed by atoms with Crippen molar-refractivity contribution in [2.75, 3.05) is 0 Å². The van der Waals surface area contributed by atoms with Crippen LogP contribution in [0.5, 0.6) is 0 Å². The number of allylic oxidation sites excluding steroid dienone is 2. The van der Waals surface area contributed by atoms with Crippen LogP contribution in [0.25, 0.3) is 80.7 Å². The molecule has 1 aliphatic carbocycles. The van der Waals surface area contributed by atoms with E-state index in [0.717, 1.165) is 57.4 Å². The predicted molar refractivity (Wildman–Crippen MR) is 239 cm³/mol. The molecule has 0 amide bonds. The molecule has 2 aliphatic rings. The van der Waals surface area contributed by atoms with Crippen LogP contribution in [0.3, 0.4) is 0 Å². The van der Waals surface area contributed by atoms with Crippen molar-refractivity contribution in [3.05, 3.63) is 187 Å². The fourth-order valence-corrected chi connectivity index (χ4v) is 10.3. The first-order valence-corrected chi connectivity index (χ1v) is 20.5. The highest BCUT2D eigenvalue weighted by Crippen LogP contribution is 2.45. The number of hydrogen-bond acceptors (Lipinski definition) is 5. The van der Waals surface area contributed by atoms with Crippen LogP contribution in [0.15, 0.2) is 185 Å². The van der Waals surface area contributed by atoms with Crippen molar-refractivity contribution < 1.29 is 4.42 Å². The average Bonchev–Trinajstić information content (AvgIpc) is 3.96. The highest BCUT2D eigenvalue weighted by molar-refractivity contribution is 7.26. The number of aromatic nitrogens is 1. The van der Waals surface area contributed by atoms with Gasteiger partial charge in [0.05, 0.1) is 22.1 Å². The van der Waals surface area contributed by atoms with Crippen LogP contribution in [-0.4, -0.2) is 16.6 Å². The van der Waals surface area contributed by atoms with Gasteiger partial charge in [-0.2, -0.15) is 0 Å². The third kappa shape index (κ3) is 5.15.